The van der Waals surface area contributed by atoms with E-state index in [4.69, 9.17) is 74.8 Å². The van der Waals surface area contributed by atoms with Gasteiger partial charge in [0.25, 0.3) is 0 Å². The summed E-state index contributed by atoms with van der Waals surface area (Å²) in [6.45, 7) is 3.31. The number of likely N-dealkylation sites (N-methyl/N-ethyl adjacent to an activating group) is 2. The second kappa shape index (κ2) is 31.1. The first kappa shape index (κ1) is 62.9. The summed E-state index contributed by atoms with van der Waals surface area (Å²) < 4.78 is 91.3. The highest BCUT2D eigenvalue weighted by Crippen LogP contribution is 2.43. The van der Waals surface area contributed by atoms with E-state index in [0.717, 1.165) is 22.3 Å². The summed E-state index contributed by atoms with van der Waals surface area (Å²) in [6.07, 6.45) is 2.02. The summed E-state index contributed by atoms with van der Waals surface area (Å²) in [7, 11) is 0.304. The van der Waals surface area contributed by atoms with Crippen molar-refractivity contribution in [2.75, 3.05) is 120 Å². The van der Waals surface area contributed by atoms with Crippen molar-refractivity contribution >= 4 is 78.5 Å². The van der Waals surface area contributed by atoms with Crippen LogP contribution in [-0.4, -0.2) is 171 Å². The van der Waals surface area contributed by atoms with Crippen LogP contribution in [0.4, 0.5) is 9.59 Å². The first-order valence-electron chi connectivity index (χ1n) is 25.5. The van der Waals surface area contributed by atoms with E-state index in [-0.39, 0.29) is 125 Å². The van der Waals surface area contributed by atoms with Gasteiger partial charge in [-0.2, -0.15) is 0 Å². The van der Waals surface area contributed by atoms with Crippen molar-refractivity contribution < 1.29 is 54.8 Å². The van der Waals surface area contributed by atoms with Gasteiger partial charge in [0, 0.05) is 70.5 Å². The lowest BCUT2D eigenvalue weighted by Gasteiger charge is -2.27. The molecule has 0 fully saturated rings. The summed E-state index contributed by atoms with van der Waals surface area (Å²) in [5.74, 6) is 1.03. The molecule has 0 radical (unpaired) electrons. The van der Waals surface area contributed by atoms with Crippen molar-refractivity contribution in [3.8, 4) is 11.5 Å². The van der Waals surface area contributed by atoms with Gasteiger partial charge in [0.05, 0.1) is 74.7 Å². The molecule has 0 aromatic heterocycles. The minimum atomic E-state index is -3.79. The number of benzene rings is 4. The van der Waals surface area contributed by atoms with Crippen molar-refractivity contribution in [1.82, 2.24) is 40.5 Å². The number of nitrogens with zero attached hydrogens (tertiary/aromatic N) is 2. The van der Waals surface area contributed by atoms with Gasteiger partial charge in [-0.25, -0.2) is 35.9 Å². The molecule has 0 heterocycles. The van der Waals surface area contributed by atoms with E-state index in [0.29, 0.717) is 70.4 Å². The van der Waals surface area contributed by atoms with Crippen molar-refractivity contribution in [3.05, 3.63) is 115 Å². The number of nitrogens with one attached hydrogen (secondary N) is 6. The van der Waals surface area contributed by atoms with Crippen LogP contribution >= 0.6 is 46.4 Å². The topological polar surface area (TPSA) is 236 Å². The molecule has 78 heavy (non-hydrogen) atoms. The van der Waals surface area contributed by atoms with E-state index < -0.39 is 20.0 Å². The van der Waals surface area contributed by atoms with Crippen LogP contribution in [0.2, 0.25) is 20.1 Å². The maximum absolute atomic E-state index is 12.9. The number of ether oxygens (including phenoxy) is 6. The van der Waals surface area contributed by atoms with Gasteiger partial charge in [0.1, 0.15) is 23.7 Å². The maximum Gasteiger partial charge on any atom is 0.314 e. The molecular weight excluding hydrogens is 1130 g/mol. The first-order chi connectivity index (χ1) is 37.3. The predicted molar refractivity (Wildman–Crippen MR) is 301 cm³/mol. The number of sulfonamides is 2. The number of carbonyl (C=O) groups excluding carboxylic acids is 2. The number of hydrogen-bond acceptors (Lipinski definition) is 14. The Hall–Kier alpha value is -4.24. The summed E-state index contributed by atoms with van der Waals surface area (Å²) in [4.78, 5) is 28.5. The smallest absolute Gasteiger partial charge is 0.314 e. The fraction of sp³-hybridized carbons (Fsp3) is 0.500. The molecule has 6 N–H and O–H groups in total. The Labute approximate surface area is 477 Å². The third-order valence-corrected chi connectivity index (χ3v) is 16.8. The van der Waals surface area contributed by atoms with Crippen LogP contribution in [-0.2, 0) is 51.8 Å². The molecule has 0 saturated carbocycles. The molecule has 4 amide bonds. The molecule has 26 heteroatoms. The van der Waals surface area contributed by atoms with Crippen LogP contribution in [0.15, 0.2) is 82.6 Å². The molecule has 4 aromatic carbocycles. The van der Waals surface area contributed by atoms with Gasteiger partial charge >= 0.3 is 12.1 Å². The lowest BCUT2D eigenvalue weighted by Crippen LogP contribution is -2.39. The normalized spacial score (nSPS) is 17.0. The molecule has 0 aliphatic heterocycles. The highest BCUT2D eigenvalue weighted by molar-refractivity contribution is 7.89. The Balaban J connectivity index is 0.694. The number of halogens is 4. The van der Waals surface area contributed by atoms with Crippen molar-refractivity contribution in [3.63, 3.8) is 0 Å². The molecule has 6 rings (SSSR count). The molecule has 1 unspecified atom stereocenters. The van der Waals surface area contributed by atoms with Crippen LogP contribution in [0, 0.1) is 0 Å². The Bertz CT molecular complexity index is 2620. The zero-order valence-corrected chi connectivity index (χ0v) is 48.7. The number of rotatable bonds is 33. The Morgan fingerprint density at radius 2 is 0.821 bits per heavy atom. The lowest BCUT2D eigenvalue weighted by atomic mass is 10.1. The Morgan fingerprint density at radius 1 is 0.487 bits per heavy atom. The van der Waals surface area contributed by atoms with E-state index in [1.807, 2.05) is 40.3 Å². The van der Waals surface area contributed by atoms with Crippen LogP contribution in [0.3, 0.4) is 0 Å². The molecule has 0 spiro atoms. The molecule has 0 bridgehead atoms. The number of urea groups is 2. The molecule has 2 aliphatic carbocycles. The zero-order valence-electron chi connectivity index (χ0n) is 44.1. The number of fused-ring (bicyclic) bond motifs is 2. The fourth-order valence-electron chi connectivity index (χ4n) is 8.67. The number of unbranched alkanes of at least 4 members (excludes halogenated alkanes) is 1. The number of amides is 4. The van der Waals surface area contributed by atoms with Gasteiger partial charge in [-0.1, -0.05) is 46.4 Å². The average Bonchev–Trinajstić information content (AvgIpc) is 4.13. The van der Waals surface area contributed by atoms with Crippen LogP contribution in [0.5, 0.6) is 11.5 Å². The monoisotopic (exact) mass is 1200 g/mol. The summed E-state index contributed by atoms with van der Waals surface area (Å²) >= 11 is 25.6. The Morgan fingerprint density at radius 3 is 1.17 bits per heavy atom. The van der Waals surface area contributed by atoms with Gasteiger partial charge < -0.3 is 59.5 Å². The zero-order chi connectivity index (χ0) is 56.2. The minimum Gasteiger partial charge on any atom is -0.484 e. The van der Waals surface area contributed by atoms with E-state index >= 15 is 0 Å². The largest absolute Gasteiger partial charge is 0.484 e. The summed E-state index contributed by atoms with van der Waals surface area (Å²) in [5, 5.41) is 13.1. The van der Waals surface area contributed by atoms with E-state index in [2.05, 4.69) is 40.5 Å². The van der Waals surface area contributed by atoms with Crippen LogP contribution in [0.25, 0.3) is 0 Å². The van der Waals surface area contributed by atoms with Gasteiger partial charge in [-0.15, -0.1) is 0 Å². The molecule has 430 valence electrons. The first-order valence-corrected chi connectivity index (χ1v) is 30.0. The summed E-state index contributed by atoms with van der Waals surface area (Å²) in [5.41, 5.74) is 3.80. The highest BCUT2D eigenvalue weighted by Gasteiger charge is 2.39. The molecule has 2 aliphatic rings. The van der Waals surface area contributed by atoms with E-state index in [1.165, 1.54) is 24.3 Å². The SMILES string of the molecule is CN(C)C1Cc2c(Cl)cc(Cl)cc2[C@@H]1Oc1ccc(S(=O)(=O)NCCOCCOCCNC(=O)NCCCCNC(=O)NCCOCCOCCNS(=O)(=O)c2ccc(O[C@H]3c4cc(Cl)cc(Cl)c4C[C@@H]3N(C)C)cc2)cc1. The quantitative estimate of drug-likeness (QED) is 0.0291. The lowest BCUT2D eigenvalue weighted by molar-refractivity contribution is 0.0516. The van der Waals surface area contributed by atoms with Gasteiger partial charge in [-0.05, 0) is 138 Å². The number of carbonyl (C=O) groups is 2. The summed E-state index contributed by atoms with van der Waals surface area (Å²) in [6, 6.07) is 19.0. The van der Waals surface area contributed by atoms with E-state index in [1.54, 1.807) is 36.4 Å². The van der Waals surface area contributed by atoms with Crippen LogP contribution in [0.1, 0.15) is 47.3 Å². The maximum atomic E-state index is 12.9. The van der Waals surface area contributed by atoms with Crippen LogP contribution < -0.4 is 40.2 Å². The molecular formula is C52H70Cl4N8O12S2. The van der Waals surface area contributed by atoms with E-state index in [9.17, 15) is 26.4 Å². The second-order valence-electron chi connectivity index (χ2n) is 18.7. The Kier molecular flexibility index (Phi) is 25.1. The molecule has 0 saturated heterocycles. The molecule has 4 aromatic rings. The molecule has 4 atom stereocenters. The molecule has 20 nitrogen and oxygen atoms in total. The number of hydrogen-bond donors (Lipinski definition) is 6. The van der Waals surface area contributed by atoms with Crippen molar-refractivity contribution in [2.45, 2.75) is 59.8 Å². The van der Waals surface area contributed by atoms with Gasteiger partial charge in [0.2, 0.25) is 20.0 Å². The third kappa shape index (κ3) is 19.2. The third-order valence-electron chi connectivity index (χ3n) is 12.7. The standard InChI is InChI=1S/C52H70Cl4N8O12S2/c1-63(2)47-33-41-43(29-35(53)31-45(41)55)49(47)75-37-7-11-39(12-8-37)77(67,68)61-19-23-73-27-25-71-21-17-59-51(65)57-15-5-6-16-58-52(66)60-18-22-72-26-28-74-24-20-62-78(69,70)40-13-9-38(10-14-40)76-50-44-30-36(54)32-46(56)42(44)34-48(50)64(3)4/h7-14,29-32,47-50,61-62H,5-6,15-28,33-34H2,1-4H3,(H2,57,59,65)(H2,58,60,66)/t47-,48?,49-,50-/m0/s1. The van der Waals surface area contributed by atoms with Gasteiger partial charge in [0.15, 0.2) is 0 Å². The van der Waals surface area contributed by atoms with Crippen molar-refractivity contribution in [2.24, 2.45) is 0 Å². The van der Waals surface area contributed by atoms with Gasteiger partial charge in [-0.3, -0.25) is 0 Å². The highest BCUT2D eigenvalue weighted by atomic mass is 35.5. The average molecular weight is 1210 g/mol. The predicted octanol–water partition coefficient (Wildman–Crippen LogP) is 6.21. The second-order valence-corrected chi connectivity index (χ2v) is 23.9. The minimum absolute atomic E-state index is 0.0179. The fourth-order valence-corrected chi connectivity index (χ4v) is 11.9. The van der Waals surface area contributed by atoms with Crippen molar-refractivity contribution in [1.29, 1.82) is 0 Å².